The van der Waals surface area contributed by atoms with Crippen LogP contribution in [0.1, 0.15) is 13.3 Å². The molecule has 0 atom stereocenters. The molecule has 0 bridgehead atoms. The van der Waals surface area contributed by atoms with Crippen LogP contribution in [-0.4, -0.2) is 34.6 Å². The third-order valence-electron chi connectivity index (χ3n) is 2.36. The van der Waals surface area contributed by atoms with Crippen molar-refractivity contribution in [2.45, 2.75) is 18.2 Å². The van der Waals surface area contributed by atoms with Crippen LogP contribution in [0, 0.1) is 0 Å². The summed E-state index contributed by atoms with van der Waals surface area (Å²) in [6.07, 6.45) is -0.00953. The van der Waals surface area contributed by atoms with Crippen molar-refractivity contribution in [2.24, 2.45) is 0 Å². The molecule has 112 valence electrons. The van der Waals surface area contributed by atoms with Crippen molar-refractivity contribution >= 4 is 31.9 Å². The van der Waals surface area contributed by atoms with Gasteiger partial charge in [0.25, 0.3) is 0 Å². The maximum atomic E-state index is 12.0. The Morgan fingerprint density at radius 2 is 2.10 bits per heavy atom. The van der Waals surface area contributed by atoms with Crippen LogP contribution in [0.2, 0.25) is 0 Å². The van der Waals surface area contributed by atoms with Crippen LogP contribution in [0.4, 0.5) is 0 Å². The van der Waals surface area contributed by atoms with Crippen LogP contribution in [-0.2, 0) is 19.6 Å². The van der Waals surface area contributed by atoms with Gasteiger partial charge in [0, 0.05) is 6.54 Å². The van der Waals surface area contributed by atoms with E-state index in [9.17, 15) is 13.2 Å². The molecule has 1 aromatic rings. The number of halogens is 1. The largest absolute Gasteiger partial charge is 0.496 e. The Labute approximate surface area is 126 Å². The van der Waals surface area contributed by atoms with Gasteiger partial charge in [0.2, 0.25) is 10.0 Å². The molecule has 0 unspecified atom stereocenters. The van der Waals surface area contributed by atoms with E-state index in [1.165, 1.54) is 19.2 Å². The first kappa shape index (κ1) is 16.9. The van der Waals surface area contributed by atoms with Gasteiger partial charge in [-0.2, -0.15) is 0 Å². The van der Waals surface area contributed by atoms with Crippen molar-refractivity contribution in [3.8, 4) is 5.75 Å². The lowest BCUT2D eigenvalue weighted by molar-refractivity contribution is -0.142. The predicted molar refractivity (Wildman–Crippen MR) is 77.1 cm³/mol. The third-order valence-corrected chi connectivity index (χ3v) is 4.44. The molecule has 0 aliphatic heterocycles. The summed E-state index contributed by atoms with van der Waals surface area (Å²) < 4.78 is 36.6. The number of methoxy groups -OCH3 is 1. The minimum absolute atomic E-state index is 0.00911. The SMILES string of the molecule is CCOC(=O)CCNS(=O)(=O)c1ccc(OC)c(Br)c1. The summed E-state index contributed by atoms with van der Waals surface area (Å²) in [6, 6.07) is 4.41. The highest BCUT2D eigenvalue weighted by Gasteiger charge is 2.16. The molecule has 0 aromatic heterocycles. The fourth-order valence-electron chi connectivity index (χ4n) is 1.42. The maximum Gasteiger partial charge on any atom is 0.307 e. The molecule has 0 heterocycles. The number of sulfonamides is 1. The highest BCUT2D eigenvalue weighted by Crippen LogP contribution is 2.27. The topological polar surface area (TPSA) is 81.7 Å². The summed E-state index contributed by atoms with van der Waals surface area (Å²) in [5.41, 5.74) is 0. The molecular formula is C12H16BrNO5S. The first-order chi connectivity index (χ1) is 9.40. The van der Waals surface area contributed by atoms with Gasteiger partial charge in [0.05, 0.1) is 29.5 Å². The molecule has 0 saturated heterocycles. The number of hydrogen-bond donors (Lipinski definition) is 1. The van der Waals surface area contributed by atoms with Crippen LogP contribution in [0.15, 0.2) is 27.6 Å². The number of carbonyl (C=O) groups is 1. The summed E-state index contributed by atoms with van der Waals surface area (Å²) in [5, 5.41) is 0. The lowest BCUT2D eigenvalue weighted by Gasteiger charge is -2.08. The fraction of sp³-hybridized carbons (Fsp3) is 0.417. The van der Waals surface area contributed by atoms with Crippen molar-refractivity contribution < 1.29 is 22.7 Å². The van der Waals surface area contributed by atoms with Gasteiger partial charge in [-0.25, -0.2) is 13.1 Å². The molecule has 0 fully saturated rings. The third kappa shape index (κ3) is 4.77. The van der Waals surface area contributed by atoms with E-state index >= 15 is 0 Å². The number of benzene rings is 1. The molecule has 0 aliphatic rings. The number of hydrogen-bond acceptors (Lipinski definition) is 5. The predicted octanol–water partition coefficient (Wildman–Crippen LogP) is 1.69. The second-order valence-electron chi connectivity index (χ2n) is 3.75. The van der Waals surface area contributed by atoms with E-state index in [4.69, 9.17) is 9.47 Å². The first-order valence-corrected chi connectivity index (χ1v) is 8.17. The number of nitrogens with one attached hydrogen (secondary N) is 1. The molecule has 0 saturated carbocycles. The summed E-state index contributed by atoms with van der Waals surface area (Å²) in [7, 11) is -2.17. The Balaban J connectivity index is 2.69. The Bertz CT molecular complexity index is 573. The standard InChI is InChI=1S/C12H16BrNO5S/c1-3-19-12(15)6-7-14-20(16,17)9-4-5-11(18-2)10(13)8-9/h4-5,8,14H,3,6-7H2,1-2H3. The molecule has 1 aromatic carbocycles. The normalized spacial score (nSPS) is 11.2. The van der Waals surface area contributed by atoms with Crippen molar-refractivity contribution in [1.29, 1.82) is 0 Å². The Morgan fingerprint density at radius 3 is 2.65 bits per heavy atom. The molecule has 1 rings (SSSR count). The van der Waals surface area contributed by atoms with Crippen molar-refractivity contribution in [3.63, 3.8) is 0 Å². The number of carbonyl (C=O) groups excluding carboxylic acids is 1. The zero-order valence-corrected chi connectivity index (χ0v) is 13.6. The van der Waals surface area contributed by atoms with Gasteiger partial charge in [0.1, 0.15) is 5.75 Å². The second-order valence-corrected chi connectivity index (χ2v) is 6.37. The van der Waals surface area contributed by atoms with E-state index in [2.05, 4.69) is 20.7 Å². The maximum absolute atomic E-state index is 12.0. The first-order valence-electron chi connectivity index (χ1n) is 5.89. The van der Waals surface area contributed by atoms with Crippen LogP contribution in [0.25, 0.3) is 0 Å². The molecule has 8 heteroatoms. The Kier molecular flexibility index (Phi) is 6.44. The number of ether oxygens (including phenoxy) is 2. The Morgan fingerprint density at radius 1 is 1.40 bits per heavy atom. The zero-order valence-electron chi connectivity index (χ0n) is 11.2. The van der Waals surface area contributed by atoms with Gasteiger partial charge < -0.3 is 9.47 Å². The van der Waals surface area contributed by atoms with Crippen LogP contribution < -0.4 is 9.46 Å². The van der Waals surface area contributed by atoms with E-state index < -0.39 is 16.0 Å². The summed E-state index contributed by atoms with van der Waals surface area (Å²) in [5.74, 6) is 0.0987. The van der Waals surface area contributed by atoms with E-state index in [1.807, 2.05) is 0 Å². The van der Waals surface area contributed by atoms with Crippen LogP contribution >= 0.6 is 15.9 Å². The minimum Gasteiger partial charge on any atom is -0.496 e. The van der Waals surface area contributed by atoms with Gasteiger partial charge in [-0.05, 0) is 41.1 Å². The smallest absolute Gasteiger partial charge is 0.307 e. The molecule has 0 aliphatic carbocycles. The average molecular weight is 366 g/mol. The number of esters is 1. The molecule has 0 radical (unpaired) electrons. The van der Waals surface area contributed by atoms with E-state index in [1.54, 1.807) is 13.0 Å². The van der Waals surface area contributed by atoms with Crippen LogP contribution in [0.5, 0.6) is 5.75 Å². The lowest BCUT2D eigenvalue weighted by atomic mass is 10.3. The van der Waals surface area contributed by atoms with Gasteiger partial charge in [-0.3, -0.25) is 4.79 Å². The minimum atomic E-state index is -3.66. The van der Waals surface area contributed by atoms with E-state index in [0.29, 0.717) is 10.2 Å². The fourth-order valence-corrected chi connectivity index (χ4v) is 3.17. The van der Waals surface area contributed by atoms with Crippen molar-refractivity contribution in [2.75, 3.05) is 20.3 Å². The highest BCUT2D eigenvalue weighted by atomic mass is 79.9. The zero-order chi connectivity index (χ0) is 15.2. The van der Waals surface area contributed by atoms with Crippen molar-refractivity contribution in [1.82, 2.24) is 4.72 Å². The summed E-state index contributed by atoms with van der Waals surface area (Å²) in [4.78, 5) is 11.2. The quantitative estimate of drug-likeness (QED) is 0.743. The molecule has 0 amide bonds. The van der Waals surface area contributed by atoms with Gasteiger partial charge in [-0.15, -0.1) is 0 Å². The number of rotatable bonds is 7. The average Bonchev–Trinajstić information content (AvgIpc) is 2.38. The monoisotopic (exact) mass is 365 g/mol. The molecular weight excluding hydrogens is 350 g/mol. The molecule has 1 N–H and O–H groups in total. The second kappa shape index (κ2) is 7.61. The van der Waals surface area contributed by atoms with Crippen LogP contribution in [0.3, 0.4) is 0 Å². The molecule has 20 heavy (non-hydrogen) atoms. The van der Waals surface area contributed by atoms with Gasteiger partial charge in [-0.1, -0.05) is 0 Å². The van der Waals surface area contributed by atoms with E-state index in [-0.39, 0.29) is 24.5 Å². The summed E-state index contributed by atoms with van der Waals surface area (Å²) in [6.45, 7) is 1.96. The highest BCUT2D eigenvalue weighted by molar-refractivity contribution is 9.10. The Hall–Kier alpha value is -1.12. The lowest BCUT2D eigenvalue weighted by Crippen LogP contribution is -2.26. The van der Waals surface area contributed by atoms with Gasteiger partial charge in [0.15, 0.2) is 0 Å². The van der Waals surface area contributed by atoms with Crippen molar-refractivity contribution in [3.05, 3.63) is 22.7 Å². The van der Waals surface area contributed by atoms with Gasteiger partial charge >= 0.3 is 5.97 Å². The molecule has 0 spiro atoms. The van der Waals surface area contributed by atoms with E-state index in [0.717, 1.165) is 0 Å². The molecule has 6 nitrogen and oxygen atoms in total. The summed E-state index contributed by atoms with van der Waals surface area (Å²) >= 11 is 3.22.